The lowest BCUT2D eigenvalue weighted by molar-refractivity contribution is -0.157. The van der Waals surface area contributed by atoms with E-state index in [1.807, 2.05) is 0 Å². The Balaban J connectivity index is 1.81. The fourth-order valence-electron chi connectivity index (χ4n) is 3.05. The van der Waals surface area contributed by atoms with E-state index in [2.05, 4.69) is 12.2 Å². The number of carbonyl (C=O) groups excluding carboxylic acids is 3. The van der Waals surface area contributed by atoms with Crippen molar-refractivity contribution in [1.82, 2.24) is 5.32 Å². The van der Waals surface area contributed by atoms with Gasteiger partial charge in [-0.2, -0.15) is 0 Å². The summed E-state index contributed by atoms with van der Waals surface area (Å²) in [6, 6.07) is 6.47. The lowest BCUT2D eigenvalue weighted by Crippen LogP contribution is -2.46. The van der Waals surface area contributed by atoms with Gasteiger partial charge in [-0.25, -0.2) is 4.79 Å². The maximum Gasteiger partial charge on any atom is 0.344 e. The Morgan fingerprint density at radius 1 is 1.23 bits per heavy atom. The summed E-state index contributed by atoms with van der Waals surface area (Å²) in [5, 5.41) is 2.95. The van der Waals surface area contributed by atoms with E-state index >= 15 is 0 Å². The average molecular weight is 362 g/mol. The Kier molecular flexibility index (Phi) is 7.00. The van der Waals surface area contributed by atoms with E-state index in [0.717, 1.165) is 19.3 Å². The molecule has 1 aromatic rings. The minimum atomic E-state index is -0.911. The third-order valence-corrected chi connectivity index (χ3v) is 4.61. The van der Waals surface area contributed by atoms with Crippen molar-refractivity contribution in [2.45, 2.75) is 51.7 Å². The zero-order valence-corrected chi connectivity index (χ0v) is 15.2. The Bertz CT molecular complexity index is 661. The van der Waals surface area contributed by atoms with Gasteiger partial charge in [-0.05, 0) is 37.8 Å². The lowest BCUT2D eigenvalue weighted by atomic mass is 9.86. The van der Waals surface area contributed by atoms with Crippen molar-refractivity contribution in [2.24, 2.45) is 11.7 Å². The van der Waals surface area contributed by atoms with Gasteiger partial charge in [-0.15, -0.1) is 0 Å². The number of nitrogens with two attached hydrogens (primary N) is 1. The monoisotopic (exact) mass is 362 g/mol. The van der Waals surface area contributed by atoms with Gasteiger partial charge in [-0.3, -0.25) is 9.59 Å². The van der Waals surface area contributed by atoms with Gasteiger partial charge >= 0.3 is 5.97 Å². The number of primary amides is 1. The third kappa shape index (κ3) is 5.47. The number of ether oxygens (including phenoxy) is 2. The Morgan fingerprint density at radius 3 is 2.62 bits per heavy atom. The van der Waals surface area contributed by atoms with Crippen molar-refractivity contribution in [2.75, 3.05) is 6.61 Å². The molecule has 1 aromatic carbocycles. The van der Waals surface area contributed by atoms with Gasteiger partial charge in [-0.1, -0.05) is 31.9 Å². The summed E-state index contributed by atoms with van der Waals surface area (Å²) >= 11 is 0. The van der Waals surface area contributed by atoms with Crippen molar-refractivity contribution >= 4 is 17.8 Å². The maximum absolute atomic E-state index is 12.2. The molecule has 0 saturated heterocycles. The quantitative estimate of drug-likeness (QED) is 0.719. The van der Waals surface area contributed by atoms with Crippen LogP contribution in [0, 0.1) is 5.92 Å². The molecule has 26 heavy (non-hydrogen) atoms. The predicted octanol–water partition coefficient (Wildman–Crippen LogP) is 1.79. The molecule has 0 aliphatic heterocycles. The summed E-state index contributed by atoms with van der Waals surface area (Å²) in [5.41, 5.74) is 5.43. The van der Waals surface area contributed by atoms with Crippen LogP contribution in [0.4, 0.5) is 0 Å². The van der Waals surface area contributed by atoms with Crippen molar-refractivity contribution in [1.29, 1.82) is 0 Å². The SMILES string of the molecule is C[C@@H]1CCCC[C@@H]1NC(=O)[C@@H](C)OC(=O)COc1ccccc1C(N)=O. The van der Waals surface area contributed by atoms with Crippen LogP contribution in [0.2, 0.25) is 0 Å². The molecule has 2 rings (SSSR count). The number of hydrogen-bond acceptors (Lipinski definition) is 5. The molecule has 2 amide bonds. The lowest BCUT2D eigenvalue weighted by Gasteiger charge is -2.30. The van der Waals surface area contributed by atoms with Gasteiger partial charge in [0.1, 0.15) is 5.75 Å². The molecule has 0 heterocycles. The first kappa shape index (κ1) is 19.8. The molecule has 1 fully saturated rings. The topological polar surface area (TPSA) is 108 Å². The fraction of sp³-hybridized carbons (Fsp3) is 0.526. The molecular weight excluding hydrogens is 336 g/mol. The number of amides is 2. The summed E-state index contributed by atoms with van der Waals surface area (Å²) < 4.78 is 10.4. The van der Waals surface area contributed by atoms with Crippen molar-refractivity contribution in [3.63, 3.8) is 0 Å². The van der Waals surface area contributed by atoms with Crippen LogP contribution in [0.15, 0.2) is 24.3 Å². The van der Waals surface area contributed by atoms with E-state index in [1.54, 1.807) is 12.1 Å². The van der Waals surface area contributed by atoms with Crippen LogP contribution in [0.1, 0.15) is 49.9 Å². The van der Waals surface area contributed by atoms with Crippen LogP contribution in [0.3, 0.4) is 0 Å². The number of hydrogen-bond donors (Lipinski definition) is 2. The molecule has 0 unspecified atom stereocenters. The Morgan fingerprint density at radius 2 is 1.92 bits per heavy atom. The van der Waals surface area contributed by atoms with E-state index in [9.17, 15) is 14.4 Å². The Labute approximate surface area is 153 Å². The van der Waals surface area contributed by atoms with Crippen LogP contribution in [0.5, 0.6) is 5.75 Å². The maximum atomic E-state index is 12.2. The second-order valence-corrected chi connectivity index (χ2v) is 6.66. The highest BCUT2D eigenvalue weighted by Gasteiger charge is 2.26. The minimum absolute atomic E-state index is 0.121. The van der Waals surface area contributed by atoms with Gasteiger partial charge < -0.3 is 20.5 Å². The van der Waals surface area contributed by atoms with Gasteiger partial charge in [0, 0.05) is 6.04 Å². The van der Waals surface area contributed by atoms with E-state index in [4.69, 9.17) is 15.2 Å². The van der Waals surface area contributed by atoms with Crippen LogP contribution in [-0.2, 0) is 14.3 Å². The smallest absolute Gasteiger partial charge is 0.344 e. The summed E-state index contributed by atoms with van der Waals surface area (Å²) in [6.07, 6.45) is 3.40. The molecule has 7 heteroatoms. The van der Waals surface area contributed by atoms with Crippen LogP contribution in [0.25, 0.3) is 0 Å². The highest BCUT2D eigenvalue weighted by Crippen LogP contribution is 2.23. The molecule has 7 nitrogen and oxygen atoms in total. The molecule has 1 aliphatic rings. The molecule has 0 aromatic heterocycles. The zero-order chi connectivity index (χ0) is 19.1. The summed E-state index contributed by atoms with van der Waals surface area (Å²) in [6.45, 7) is 3.23. The predicted molar refractivity (Wildman–Crippen MR) is 95.6 cm³/mol. The zero-order valence-electron chi connectivity index (χ0n) is 15.2. The summed E-state index contributed by atoms with van der Waals surface area (Å²) in [5.74, 6) is -1.03. The third-order valence-electron chi connectivity index (χ3n) is 4.61. The minimum Gasteiger partial charge on any atom is -0.481 e. The summed E-state index contributed by atoms with van der Waals surface area (Å²) in [4.78, 5) is 35.5. The fourth-order valence-corrected chi connectivity index (χ4v) is 3.05. The van der Waals surface area contributed by atoms with Crippen molar-refractivity contribution < 1.29 is 23.9 Å². The molecule has 0 spiro atoms. The number of benzene rings is 1. The average Bonchev–Trinajstić information content (AvgIpc) is 2.62. The van der Waals surface area contributed by atoms with Gasteiger partial charge in [0.2, 0.25) is 0 Å². The van der Waals surface area contributed by atoms with Crippen LogP contribution >= 0.6 is 0 Å². The normalized spacial score (nSPS) is 20.7. The molecule has 0 bridgehead atoms. The highest BCUT2D eigenvalue weighted by molar-refractivity contribution is 5.95. The van der Waals surface area contributed by atoms with Crippen LogP contribution in [-0.4, -0.2) is 36.5 Å². The van der Waals surface area contributed by atoms with Gasteiger partial charge in [0.05, 0.1) is 5.56 Å². The molecule has 1 saturated carbocycles. The largest absolute Gasteiger partial charge is 0.481 e. The second kappa shape index (κ2) is 9.22. The van der Waals surface area contributed by atoms with E-state index in [1.165, 1.54) is 25.5 Å². The second-order valence-electron chi connectivity index (χ2n) is 6.66. The molecule has 142 valence electrons. The number of nitrogens with one attached hydrogen (secondary N) is 1. The standard InChI is InChI=1S/C19H26N2O5/c1-12-7-3-5-9-15(12)21-19(24)13(2)26-17(22)11-25-16-10-6-4-8-14(16)18(20)23/h4,6,8,10,12-13,15H,3,5,7,9,11H2,1-2H3,(H2,20,23)(H,21,24)/t12-,13-,15+/m1/s1. The van der Waals surface area contributed by atoms with Gasteiger partial charge in [0.25, 0.3) is 11.8 Å². The first-order valence-corrected chi connectivity index (χ1v) is 8.90. The Hall–Kier alpha value is -2.57. The molecule has 3 N–H and O–H groups in total. The van der Waals surface area contributed by atoms with E-state index in [0.29, 0.717) is 5.92 Å². The van der Waals surface area contributed by atoms with E-state index in [-0.39, 0.29) is 23.3 Å². The van der Waals surface area contributed by atoms with E-state index < -0.39 is 24.6 Å². The number of rotatable bonds is 7. The first-order valence-electron chi connectivity index (χ1n) is 8.90. The summed E-state index contributed by atoms with van der Waals surface area (Å²) in [7, 11) is 0. The highest BCUT2D eigenvalue weighted by atomic mass is 16.6. The number of esters is 1. The number of para-hydroxylation sites is 1. The van der Waals surface area contributed by atoms with Crippen LogP contribution < -0.4 is 15.8 Å². The molecule has 3 atom stereocenters. The van der Waals surface area contributed by atoms with Crippen molar-refractivity contribution in [3.05, 3.63) is 29.8 Å². The number of carbonyl (C=O) groups is 3. The first-order chi connectivity index (χ1) is 12.4. The molecular formula is C19H26N2O5. The molecule has 1 aliphatic carbocycles. The van der Waals surface area contributed by atoms with Gasteiger partial charge in [0.15, 0.2) is 12.7 Å². The van der Waals surface area contributed by atoms with Crippen molar-refractivity contribution in [3.8, 4) is 5.75 Å². The molecule has 0 radical (unpaired) electrons.